The number of nitrogens with one attached hydrogen (secondary N) is 3. The number of nitrogens with zero attached hydrogens (tertiary/aromatic N) is 1. The first-order valence-corrected chi connectivity index (χ1v) is 13.9. The summed E-state index contributed by atoms with van der Waals surface area (Å²) in [5.74, 6) is -1.62. The van der Waals surface area contributed by atoms with Gasteiger partial charge in [-0.25, -0.2) is 4.79 Å². The largest absolute Gasteiger partial charge is 0.444 e. The minimum absolute atomic E-state index is 0.0689. The van der Waals surface area contributed by atoms with Gasteiger partial charge >= 0.3 is 6.09 Å². The molecule has 4 fully saturated rings. The highest BCUT2D eigenvalue weighted by Crippen LogP contribution is 2.65. The van der Waals surface area contributed by atoms with Crippen LogP contribution in [0.3, 0.4) is 0 Å². The second-order valence-electron chi connectivity index (χ2n) is 13.1. The second kappa shape index (κ2) is 10.4. The number of likely N-dealkylation sites (tertiary alicyclic amines) is 1. The molecule has 0 spiro atoms. The summed E-state index contributed by atoms with van der Waals surface area (Å²) in [6.45, 7) is 10.4. The van der Waals surface area contributed by atoms with E-state index in [9.17, 15) is 24.0 Å². The molecule has 4 aliphatic rings. The van der Waals surface area contributed by atoms with Gasteiger partial charge in [-0.2, -0.15) is 0 Å². The molecule has 5 amide bonds. The highest BCUT2D eigenvalue weighted by molar-refractivity contribution is 5.95. The predicted octanol–water partition coefficient (Wildman–Crippen LogP) is 1.05. The molecule has 0 aromatic rings. The Morgan fingerprint density at radius 1 is 1.11 bits per heavy atom. The molecule has 212 valence electrons. The summed E-state index contributed by atoms with van der Waals surface area (Å²) >= 11 is 0. The molecule has 1 unspecified atom stereocenters. The van der Waals surface area contributed by atoms with Crippen LogP contribution < -0.4 is 21.7 Å². The lowest BCUT2D eigenvalue weighted by Gasteiger charge is -2.36. The van der Waals surface area contributed by atoms with Crippen molar-refractivity contribution in [3.8, 4) is 0 Å². The normalized spacial score (nSPS) is 29.4. The lowest BCUT2D eigenvalue weighted by Crippen LogP contribution is -2.58. The van der Waals surface area contributed by atoms with Crippen molar-refractivity contribution in [2.45, 2.75) is 96.9 Å². The zero-order valence-electron chi connectivity index (χ0n) is 23.2. The fourth-order valence-corrected chi connectivity index (χ4v) is 6.40. The van der Waals surface area contributed by atoms with Crippen molar-refractivity contribution < 1.29 is 28.7 Å². The summed E-state index contributed by atoms with van der Waals surface area (Å²) in [5, 5.41) is 8.26. The Bertz CT molecular complexity index is 987. The summed E-state index contributed by atoms with van der Waals surface area (Å²) < 4.78 is 5.42. The van der Waals surface area contributed by atoms with E-state index in [-0.39, 0.29) is 35.5 Å². The minimum atomic E-state index is -1.01. The Hall–Kier alpha value is -2.85. The molecular weight excluding hydrogens is 490 g/mol. The van der Waals surface area contributed by atoms with Crippen molar-refractivity contribution in [1.82, 2.24) is 20.9 Å². The number of amides is 5. The molecule has 2 heterocycles. The predicted molar refractivity (Wildman–Crippen MR) is 138 cm³/mol. The van der Waals surface area contributed by atoms with Crippen molar-refractivity contribution in [2.24, 2.45) is 34.8 Å². The lowest BCUT2D eigenvalue weighted by atomic mass is 9.80. The fraction of sp³-hybridized carbons (Fsp3) is 0.815. The molecule has 2 saturated carbocycles. The van der Waals surface area contributed by atoms with E-state index >= 15 is 0 Å². The monoisotopic (exact) mass is 533 g/mol. The van der Waals surface area contributed by atoms with Crippen LogP contribution in [0, 0.1) is 29.1 Å². The maximum Gasteiger partial charge on any atom is 0.408 e. The van der Waals surface area contributed by atoms with Gasteiger partial charge in [-0.15, -0.1) is 0 Å². The molecule has 0 aromatic carbocycles. The van der Waals surface area contributed by atoms with Crippen molar-refractivity contribution in [1.29, 1.82) is 0 Å². The van der Waals surface area contributed by atoms with E-state index in [1.165, 1.54) is 0 Å². The molecule has 11 heteroatoms. The van der Waals surface area contributed by atoms with Crippen molar-refractivity contribution in [3.05, 3.63) is 0 Å². The van der Waals surface area contributed by atoms with Crippen LogP contribution in [0.4, 0.5) is 4.79 Å². The number of fused-ring (bicyclic) bond motifs is 1. The van der Waals surface area contributed by atoms with Gasteiger partial charge in [0.15, 0.2) is 0 Å². The molecule has 11 nitrogen and oxygen atoms in total. The molecule has 38 heavy (non-hydrogen) atoms. The highest BCUT2D eigenvalue weighted by atomic mass is 16.6. The maximum atomic E-state index is 13.9. The number of ether oxygens (including phenoxy) is 1. The lowest BCUT2D eigenvalue weighted by molar-refractivity contribution is -0.143. The Balaban J connectivity index is 1.50. The Kier molecular flexibility index (Phi) is 7.69. The van der Waals surface area contributed by atoms with E-state index in [0.29, 0.717) is 31.8 Å². The van der Waals surface area contributed by atoms with E-state index in [1.807, 2.05) is 0 Å². The third-order valence-corrected chi connectivity index (χ3v) is 8.89. The molecule has 0 bridgehead atoms. The number of rotatable bonds is 9. The number of piperidine rings is 1. The number of primary amides is 1. The molecule has 2 saturated heterocycles. The van der Waals surface area contributed by atoms with Crippen LogP contribution in [0.5, 0.6) is 0 Å². The highest BCUT2D eigenvalue weighted by Gasteiger charge is 2.69. The Morgan fingerprint density at radius 2 is 1.79 bits per heavy atom. The van der Waals surface area contributed by atoms with Gasteiger partial charge in [0.1, 0.15) is 23.7 Å². The standard InChI is InChI=1S/C27H43N5O6/c1-26(2,3)38-25(37)31-18(11-14-7-6-8-14)24(36)32-13-16-19(27(16,4)5)20(32)23(35)30-17(21(28)33)12-15-9-10-29-22(15)34/h14-20H,6-13H2,1-5H3,(H2,28,33)(H,29,34)(H,30,35)(H,31,37)/t15-,16-,17-,18?,19-,20-/m0/s1. The van der Waals surface area contributed by atoms with Gasteiger partial charge in [0, 0.05) is 19.0 Å². The number of hydrogen-bond donors (Lipinski definition) is 4. The topological polar surface area (TPSA) is 160 Å². The van der Waals surface area contributed by atoms with Crippen LogP contribution in [0.15, 0.2) is 0 Å². The smallest absolute Gasteiger partial charge is 0.408 e. The van der Waals surface area contributed by atoms with Gasteiger partial charge in [0.2, 0.25) is 23.6 Å². The summed E-state index contributed by atoms with van der Waals surface area (Å²) in [7, 11) is 0. The van der Waals surface area contributed by atoms with E-state index in [2.05, 4.69) is 29.8 Å². The van der Waals surface area contributed by atoms with Gasteiger partial charge in [0.25, 0.3) is 0 Å². The SMILES string of the molecule is CC(C)(C)OC(=O)NC(CC1CCC1)C(=O)N1C[C@H]2[C@@H]([C@H]1C(=O)N[C@@H](C[C@@H]1CCNC1=O)C(N)=O)C2(C)C. The summed E-state index contributed by atoms with van der Waals surface area (Å²) in [6.07, 6.45) is 3.61. The number of carbonyl (C=O) groups is 5. The summed E-state index contributed by atoms with van der Waals surface area (Å²) in [4.78, 5) is 66.0. The number of alkyl carbamates (subject to hydrolysis) is 1. The fourth-order valence-electron chi connectivity index (χ4n) is 6.40. The molecule has 4 rings (SSSR count). The second-order valence-corrected chi connectivity index (χ2v) is 13.1. The van der Waals surface area contributed by atoms with Crippen LogP contribution in [0.25, 0.3) is 0 Å². The summed E-state index contributed by atoms with van der Waals surface area (Å²) in [5.41, 5.74) is 4.76. The van der Waals surface area contributed by atoms with Gasteiger partial charge in [-0.05, 0) is 63.2 Å². The molecule has 0 radical (unpaired) electrons. The van der Waals surface area contributed by atoms with Crippen LogP contribution in [0.1, 0.15) is 73.1 Å². The zero-order valence-corrected chi connectivity index (χ0v) is 23.2. The number of nitrogens with two attached hydrogens (primary N) is 1. The number of carbonyl (C=O) groups excluding carboxylic acids is 5. The van der Waals surface area contributed by atoms with Crippen LogP contribution in [-0.2, 0) is 23.9 Å². The molecular formula is C27H43N5O6. The Labute approximate surface area is 224 Å². The van der Waals surface area contributed by atoms with E-state index in [4.69, 9.17) is 10.5 Å². The van der Waals surface area contributed by atoms with Gasteiger partial charge in [0.05, 0.1) is 0 Å². The summed E-state index contributed by atoms with van der Waals surface area (Å²) in [6, 6.07) is -2.61. The third-order valence-electron chi connectivity index (χ3n) is 8.89. The van der Waals surface area contributed by atoms with E-state index < -0.39 is 47.6 Å². The molecule has 5 N–H and O–H groups in total. The van der Waals surface area contributed by atoms with Gasteiger partial charge < -0.3 is 31.3 Å². The average Bonchev–Trinajstić information content (AvgIpc) is 3.13. The number of hydrogen-bond acceptors (Lipinski definition) is 6. The molecule has 6 atom stereocenters. The average molecular weight is 534 g/mol. The third kappa shape index (κ3) is 5.91. The van der Waals surface area contributed by atoms with Crippen molar-refractivity contribution in [3.63, 3.8) is 0 Å². The van der Waals surface area contributed by atoms with E-state index in [0.717, 1.165) is 19.3 Å². The zero-order chi connectivity index (χ0) is 28.0. The van der Waals surface area contributed by atoms with Crippen LogP contribution >= 0.6 is 0 Å². The first-order chi connectivity index (χ1) is 17.7. The maximum absolute atomic E-state index is 13.9. The quantitative estimate of drug-likeness (QED) is 0.347. The molecule has 2 aliphatic carbocycles. The van der Waals surface area contributed by atoms with Crippen LogP contribution in [-0.4, -0.2) is 71.4 Å². The van der Waals surface area contributed by atoms with Crippen LogP contribution in [0.2, 0.25) is 0 Å². The van der Waals surface area contributed by atoms with Crippen molar-refractivity contribution in [2.75, 3.05) is 13.1 Å². The van der Waals surface area contributed by atoms with Gasteiger partial charge in [-0.1, -0.05) is 33.1 Å². The Morgan fingerprint density at radius 3 is 2.32 bits per heavy atom. The molecule has 2 aliphatic heterocycles. The van der Waals surface area contributed by atoms with E-state index in [1.54, 1.807) is 25.7 Å². The first-order valence-electron chi connectivity index (χ1n) is 13.9. The van der Waals surface area contributed by atoms with Gasteiger partial charge in [-0.3, -0.25) is 19.2 Å². The molecule has 0 aromatic heterocycles. The first kappa shape index (κ1) is 28.2. The minimum Gasteiger partial charge on any atom is -0.444 e. The van der Waals surface area contributed by atoms with Crippen molar-refractivity contribution >= 4 is 29.7 Å².